The van der Waals surface area contributed by atoms with Gasteiger partial charge in [0.05, 0.1) is 10.4 Å². The third-order valence-electron chi connectivity index (χ3n) is 2.87. The smallest absolute Gasteiger partial charge is 0.354 e. The number of nitrogens with one attached hydrogen (secondary N) is 1. The van der Waals surface area contributed by atoms with Crippen molar-refractivity contribution in [3.05, 3.63) is 28.3 Å². The van der Waals surface area contributed by atoms with Crippen molar-refractivity contribution in [2.24, 2.45) is 0 Å². The summed E-state index contributed by atoms with van der Waals surface area (Å²) in [5.74, 6) is -0.529. The number of hydrogen-bond acceptors (Lipinski definition) is 3. The lowest BCUT2D eigenvalue weighted by molar-refractivity contribution is -0.136. The molecular weight excluding hydrogens is 289 g/mol. The van der Waals surface area contributed by atoms with Crippen molar-refractivity contribution < 1.29 is 18.0 Å². The molecule has 0 fully saturated rings. The van der Waals surface area contributed by atoms with Gasteiger partial charge in [0, 0.05) is 18.1 Å². The summed E-state index contributed by atoms with van der Waals surface area (Å²) in [7, 11) is 1.43. The second-order valence-electron chi connectivity index (χ2n) is 4.66. The van der Waals surface area contributed by atoms with Crippen LogP contribution in [0.4, 0.5) is 13.2 Å². The van der Waals surface area contributed by atoms with E-state index in [1.165, 1.54) is 13.1 Å². The maximum Gasteiger partial charge on any atom is 0.417 e. The molecule has 108 valence electrons. The molecule has 0 saturated heterocycles. The zero-order valence-corrected chi connectivity index (χ0v) is 11.9. The van der Waals surface area contributed by atoms with E-state index < -0.39 is 17.6 Å². The minimum absolute atomic E-state index is 0.0227. The highest BCUT2D eigenvalue weighted by Crippen LogP contribution is 2.38. The maximum absolute atomic E-state index is 13.1. The molecule has 20 heavy (non-hydrogen) atoms. The van der Waals surface area contributed by atoms with Gasteiger partial charge >= 0.3 is 6.18 Å². The van der Waals surface area contributed by atoms with Crippen LogP contribution in [-0.2, 0) is 6.18 Å². The minimum atomic E-state index is -4.47. The number of halogens is 3. The van der Waals surface area contributed by atoms with E-state index in [1.54, 1.807) is 13.8 Å². The number of thiophene rings is 1. The summed E-state index contributed by atoms with van der Waals surface area (Å²) >= 11 is 0.969. The van der Waals surface area contributed by atoms with Crippen molar-refractivity contribution in [3.8, 4) is 0 Å². The highest BCUT2D eigenvalue weighted by atomic mass is 32.1. The van der Waals surface area contributed by atoms with Gasteiger partial charge in [-0.25, -0.2) is 4.98 Å². The Bertz CT molecular complexity index is 661. The van der Waals surface area contributed by atoms with E-state index in [1.807, 2.05) is 0 Å². The number of hydrogen-bond donors (Lipinski definition) is 1. The molecule has 2 rings (SSSR count). The lowest BCUT2D eigenvalue weighted by Gasteiger charge is -2.11. The Hall–Kier alpha value is -1.63. The topological polar surface area (TPSA) is 42.0 Å². The first-order valence-corrected chi connectivity index (χ1v) is 6.79. The van der Waals surface area contributed by atoms with Gasteiger partial charge in [0.25, 0.3) is 5.91 Å². The Morgan fingerprint density at radius 3 is 2.50 bits per heavy atom. The van der Waals surface area contributed by atoms with Gasteiger partial charge in [-0.3, -0.25) is 4.79 Å². The number of fused-ring (bicyclic) bond motifs is 1. The van der Waals surface area contributed by atoms with Crippen LogP contribution in [0.25, 0.3) is 10.2 Å². The average Bonchev–Trinajstić information content (AvgIpc) is 2.78. The van der Waals surface area contributed by atoms with Crippen molar-refractivity contribution in [2.75, 3.05) is 7.05 Å². The predicted octanol–water partition coefficient (Wildman–Crippen LogP) is 3.80. The monoisotopic (exact) mass is 302 g/mol. The molecule has 1 N–H and O–H groups in total. The van der Waals surface area contributed by atoms with Crippen LogP contribution in [-0.4, -0.2) is 17.9 Å². The highest BCUT2D eigenvalue weighted by Gasteiger charge is 2.34. The minimum Gasteiger partial charge on any atom is -0.354 e. The van der Waals surface area contributed by atoms with Gasteiger partial charge in [-0.1, -0.05) is 13.8 Å². The Morgan fingerprint density at radius 2 is 2.00 bits per heavy atom. The highest BCUT2D eigenvalue weighted by molar-refractivity contribution is 7.20. The van der Waals surface area contributed by atoms with Gasteiger partial charge in [0.2, 0.25) is 0 Å². The zero-order chi connectivity index (χ0) is 15.1. The summed E-state index contributed by atoms with van der Waals surface area (Å²) in [6.07, 6.45) is -4.47. The van der Waals surface area contributed by atoms with Crippen molar-refractivity contribution in [1.82, 2.24) is 10.3 Å². The lowest BCUT2D eigenvalue weighted by Crippen LogP contribution is -2.16. The molecule has 0 radical (unpaired) electrons. The fraction of sp³-hybridized carbons (Fsp3) is 0.385. The molecule has 2 aromatic rings. The zero-order valence-electron chi connectivity index (χ0n) is 11.1. The second-order valence-corrected chi connectivity index (χ2v) is 5.69. The molecule has 0 aliphatic carbocycles. The molecule has 2 heterocycles. The SMILES string of the molecule is CNC(=O)c1cc2c(C(F)(F)F)cc(C(C)C)nc2s1. The molecule has 0 atom stereocenters. The number of carbonyl (C=O) groups is 1. The van der Waals surface area contributed by atoms with Gasteiger partial charge in [-0.15, -0.1) is 11.3 Å². The molecule has 3 nitrogen and oxygen atoms in total. The fourth-order valence-electron chi connectivity index (χ4n) is 1.80. The number of amides is 1. The standard InChI is InChI=1S/C13H13F3N2OS/c1-6(2)9-5-8(13(14,15)16)7-4-10(11(19)17-3)20-12(7)18-9/h4-6H,1-3H3,(H,17,19). The van der Waals surface area contributed by atoms with Gasteiger partial charge in [0.1, 0.15) is 4.83 Å². The number of pyridine rings is 1. The first-order valence-electron chi connectivity index (χ1n) is 5.97. The molecule has 0 aromatic carbocycles. The molecule has 2 aromatic heterocycles. The van der Waals surface area contributed by atoms with E-state index in [0.29, 0.717) is 5.69 Å². The van der Waals surface area contributed by atoms with Crippen LogP contribution in [0.1, 0.15) is 40.7 Å². The maximum atomic E-state index is 13.1. The molecule has 7 heteroatoms. The Labute approximate surface area is 117 Å². The van der Waals surface area contributed by atoms with E-state index in [-0.39, 0.29) is 21.0 Å². The molecular formula is C13H13F3N2OS. The van der Waals surface area contributed by atoms with Crippen LogP contribution >= 0.6 is 11.3 Å². The Balaban J connectivity index is 2.74. The summed E-state index contributed by atoms with van der Waals surface area (Å²) in [6, 6.07) is 2.31. The van der Waals surface area contributed by atoms with Gasteiger partial charge in [-0.2, -0.15) is 13.2 Å². The number of alkyl halides is 3. The van der Waals surface area contributed by atoms with Crippen LogP contribution in [0, 0.1) is 0 Å². The third-order valence-corrected chi connectivity index (χ3v) is 3.90. The van der Waals surface area contributed by atoms with E-state index in [4.69, 9.17) is 0 Å². The Morgan fingerprint density at radius 1 is 1.35 bits per heavy atom. The van der Waals surface area contributed by atoms with Crippen LogP contribution in [0.2, 0.25) is 0 Å². The fourth-order valence-corrected chi connectivity index (χ4v) is 2.81. The molecule has 0 saturated carbocycles. The first kappa shape index (κ1) is 14.8. The van der Waals surface area contributed by atoms with Crippen LogP contribution in [0.15, 0.2) is 12.1 Å². The number of rotatable bonds is 2. The largest absolute Gasteiger partial charge is 0.417 e. The van der Waals surface area contributed by atoms with Crippen LogP contribution in [0.5, 0.6) is 0 Å². The number of nitrogens with zero attached hydrogens (tertiary/aromatic N) is 1. The lowest BCUT2D eigenvalue weighted by atomic mass is 10.1. The normalized spacial score (nSPS) is 12.2. The second kappa shape index (κ2) is 5.05. The summed E-state index contributed by atoms with van der Waals surface area (Å²) in [6.45, 7) is 3.56. The van der Waals surface area contributed by atoms with Gasteiger partial charge in [-0.05, 0) is 18.1 Å². The summed E-state index contributed by atoms with van der Waals surface area (Å²) in [5, 5.41) is 2.38. The number of carbonyl (C=O) groups excluding carboxylic acids is 1. The molecule has 0 bridgehead atoms. The molecule has 0 aliphatic rings. The van der Waals surface area contributed by atoms with Crippen molar-refractivity contribution in [1.29, 1.82) is 0 Å². The van der Waals surface area contributed by atoms with Crippen LogP contribution in [0.3, 0.4) is 0 Å². The first-order chi connectivity index (χ1) is 9.24. The van der Waals surface area contributed by atoms with Crippen molar-refractivity contribution >= 4 is 27.5 Å². The van der Waals surface area contributed by atoms with Crippen LogP contribution < -0.4 is 5.32 Å². The van der Waals surface area contributed by atoms with E-state index in [0.717, 1.165) is 17.4 Å². The van der Waals surface area contributed by atoms with Crippen molar-refractivity contribution in [3.63, 3.8) is 0 Å². The quantitative estimate of drug-likeness (QED) is 0.917. The summed E-state index contributed by atoms with van der Waals surface area (Å²) in [4.78, 5) is 16.2. The van der Waals surface area contributed by atoms with E-state index in [9.17, 15) is 18.0 Å². The third kappa shape index (κ3) is 2.63. The number of aromatic nitrogens is 1. The predicted molar refractivity (Wildman–Crippen MR) is 72.1 cm³/mol. The van der Waals surface area contributed by atoms with Crippen molar-refractivity contribution in [2.45, 2.75) is 25.9 Å². The Kier molecular flexibility index (Phi) is 3.73. The van der Waals surface area contributed by atoms with E-state index >= 15 is 0 Å². The molecule has 0 spiro atoms. The van der Waals surface area contributed by atoms with E-state index in [2.05, 4.69) is 10.3 Å². The molecule has 0 unspecified atom stereocenters. The molecule has 1 amide bonds. The van der Waals surface area contributed by atoms with Gasteiger partial charge in [0.15, 0.2) is 0 Å². The average molecular weight is 302 g/mol. The summed E-state index contributed by atoms with van der Waals surface area (Å²) in [5.41, 5.74) is -0.368. The molecule has 0 aliphatic heterocycles. The van der Waals surface area contributed by atoms with Gasteiger partial charge < -0.3 is 5.32 Å². The summed E-state index contributed by atoms with van der Waals surface area (Å²) < 4.78 is 39.4.